The fraction of sp³-hybridized carbons (Fsp3) is 0.118. The van der Waals surface area contributed by atoms with Crippen LogP contribution in [0.25, 0.3) is 6.08 Å². The molecule has 0 spiro atoms. The Morgan fingerprint density at radius 3 is 2.36 bits per heavy atom. The molecule has 25 heavy (non-hydrogen) atoms. The second kappa shape index (κ2) is 8.11. The quantitative estimate of drug-likeness (QED) is 0.477. The monoisotopic (exact) mass is 348 g/mol. The van der Waals surface area contributed by atoms with Crippen molar-refractivity contribution in [2.45, 2.75) is 6.10 Å². The van der Waals surface area contributed by atoms with E-state index in [-0.39, 0.29) is 12.2 Å². The van der Waals surface area contributed by atoms with E-state index in [1.54, 1.807) is 0 Å². The third kappa shape index (κ3) is 4.92. The summed E-state index contributed by atoms with van der Waals surface area (Å²) >= 11 is 0. The van der Waals surface area contributed by atoms with Crippen LogP contribution >= 0.6 is 0 Å². The highest BCUT2D eigenvalue weighted by atomic mass is 19.1. The second-order valence-corrected chi connectivity index (χ2v) is 5.08. The van der Waals surface area contributed by atoms with Crippen molar-refractivity contribution in [2.24, 2.45) is 0 Å². The van der Waals surface area contributed by atoms with Gasteiger partial charge in [0.15, 0.2) is 0 Å². The van der Waals surface area contributed by atoms with Crippen LogP contribution in [0.3, 0.4) is 0 Å². The summed E-state index contributed by atoms with van der Waals surface area (Å²) < 4.78 is 27.0. The number of nitrogens with zero attached hydrogens (tertiary/aromatic N) is 1. The molecular formula is C17H14F2N2O4. The van der Waals surface area contributed by atoms with Crippen molar-refractivity contribution >= 4 is 17.7 Å². The maximum absolute atomic E-state index is 13.5. The number of aliphatic hydroxyl groups excluding tert-OH is 1. The van der Waals surface area contributed by atoms with E-state index in [0.717, 1.165) is 18.2 Å². The van der Waals surface area contributed by atoms with Crippen LogP contribution < -0.4 is 5.32 Å². The minimum absolute atomic E-state index is 0.0726. The van der Waals surface area contributed by atoms with Crippen LogP contribution in [0.5, 0.6) is 0 Å². The van der Waals surface area contributed by atoms with Crippen LogP contribution in [0.1, 0.15) is 17.2 Å². The molecule has 1 atom stereocenters. The number of nitro benzene ring substituents is 1. The molecule has 2 aromatic rings. The zero-order valence-corrected chi connectivity index (χ0v) is 12.9. The summed E-state index contributed by atoms with van der Waals surface area (Å²) in [5, 5.41) is 22.7. The molecule has 2 N–H and O–H groups in total. The fourth-order valence-corrected chi connectivity index (χ4v) is 2.07. The number of amides is 1. The van der Waals surface area contributed by atoms with E-state index in [4.69, 9.17) is 0 Å². The van der Waals surface area contributed by atoms with E-state index in [1.807, 2.05) is 0 Å². The number of nitrogens with one attached hydrogen (secondary N) is 1. The van der Waals surface area contributed by atoms with Crippen molar-refractivity contribution in [3.63, 3.8) is 0 Å². The Morgan fingerprint density at radius 1 is 1.20 bits per heavy atom. The van der Waals surface area contributed by atoms with Crippen LogP contribution in [-0.4, -0.2) is 22.5 Å². The maximum atomic E-state index is 13.5. The number of aliphatic hydroxyl groups is 1. The standard InChI is InChI=1S/C17H14F2N2O4/c18-13-2-1-3-14(19)17(13)15(22)10-20-16(23)9-6-11-4-7-12(8-5-11)21(24)25/h1-9,15,22H,10H2,(H,20,23)/b9-6+. The number of hydrogen-bond acceptors (Lipinski definition) is 4. The number of hydrogen-bond donors (Lipinski definition) is 2. The first-order chi connectivity index (χ1) is 11.9. The van der Waals surface area contributed by atoms with Gasteiger partial charge in [0.1, 0.15) is 17.7 Å². The highest BCUT2D eigenvalue weighted by Crippen LogP contribution is 2.20. The van der Waals surface area contributed by atoms with Crippen molar-refractivity contribution in [3.8, 4) is 0 Å². The van der Waals surface area contributed by atoms with Gasteiger partial charge in [-0.25, -0.2) is 8.78 Å². The Balaban J connectivity index is 1.93. The minimum atomic E-state index is -1.53. The smallest absolute Gasteiger partial charge is 0.269 e. The Hall–Kier alpha value is -3.13. The number of rotatable bonds is 6. The maximum Gasteiger partial charge on any atom is 0.269 e. The number of carbonyl (C=O) groups excluding carboxylic acids is 1. The molecule has 2 rings (SSSR count). The average molecular weight is 348 g/mol. The van der Waals surface area contributed by atoms with Crippen LogP contribution in [0.4, 0.5) is 14.5 Å². The molecule has 0 saturated heterocycles. The number of nitro groups is 1. The molecule has 0 aliphatic rings. The lowest BCUT2D eigenvalue weighted by atomic mass is 10.1. The van der Waals surface area contributed by atoms with Crippen LogP contribution in [-0.2, 0) is 4.79 Å². The summed E-state index contributed by atoms with van der Waals surface area (Å²) in [7, 11) is 0. The van der Waals surface area contributed by atoms with Crippen molar-refractivity contribution in [3.05, 3.63) is 81.4 Å². The molecule has 8 heteroatoms. The predicted octanol–water partition coefficient (Wildman–Crippen LogP) is 2.74. The molecule has 0 aliphatic carbocycles. The van der Waals surface area contributed by atoms with Crippen molar-refractivity contribution < 1.29 is 23.6 Å². The van der Waals surface area contributed by atoms with Gasteiger partial charge in [-0.15, -0.1) is 0 Å². The van der Waals surface area contributed by atoms with Gasteiger partial charge in [0.25, 0.3) is 5.69 Å². The van der Waals surface area contributed by atoms with Crippen molar-refractivity contribution in [1.29, 1.82) is 0 Å². The van der Waals surface area contributed by atoms with Gasteiger partial charge in [0, 0.05) is 24.8 Å². The van der Waals surface area contributed by atoms with Gasteiger partial charge in [0.05, 0.1) is 10.5 Å². The van der Waals surface area contributed by atoms with E-state index in [0.29, 0.717) is 5.56 Å². The molecule has 130 valence electrons. The van der Waals surface area contributed by atoms with Gasteiger partial charge < -0.3 is 10.4 Å². The molecule has 0 aliphatic heterocycles. The molecule has 1 amide bonds. The van der Waals surface area contributed by atoms with E-state index in [2.05, 4.69) is 5.32 Å². The predicted molar refractivity (Wildman–Crippen MR) is 86.5 cm³/mol. The summed E-state index contributed by atoms with van der Waals surface area (Å²) in [4.78, 5) is 21.7. The van der Waals surface area contributed by atoms with Gasteiger partial charge in [-0.2, -0.15) is 0 Å². The Labute approximate surface area is 141 Å². The van der Waals surface area contributed by atoms with Gasteiger partial charge in [0.2, 0.25) is 5.91 Å². The van der Waals surface area contributed by atoms with Gasteiger partial charge in [-0.3, -0.25) is 14.9 Å². The molecule has 1 unspecified atom stereocenters. The minimum Gasteiger partial charge on any atom is -0.386 e. The van der Waals surface area contributed by atoms with Crippen LogP contribution in [0.15, 0.2) is 48.5 Å². The molecule has 0 radical (unpaired) electrons. The van der Waals surface area contributed by atoms with Crippen LogP contribution in [0, 0.1) is 21.7 Å². The fourth-order valence-electron chi connectivity index (χ4n) is 2.07. The van der Waals surface area contributed by atoms with E-state index in [1.165, 1.54) is 36.4 Å². The summed E-state index contributed by atoms with van der Waals surface area (Å²) in [5.74, 6) is -2.39. The lowest BCUT2D eigenvalue weighted by Crippen LogP contribution is -2.27. The summed E-state index contributed by atoms with van der Waals surface area (Å²) in [5.41, 5.74) is -0.0276. The largest absolute Gasteiger partial charge is 0.386 e. The number of benzene rings is 2. The van der Waals surface area contributed by atoms with Crippen molar-refractivity contribution in [1.82, 2.24) is 5.32 Å². The first-order valence-corrected chi connectivity index (χ1v) is 7.21. The van der Waals surface area contributed by atoms with E-state index >= 15 is 0 Å². The Morgan fingerprint density at radius 2 is 1.80 bits per heavy atom. The van der Waals surface area contributed by atoms with E-state index in [9.17, 15) is 28.8 Å². The Kier molecular flexibility index (Phi) is 5.91. The highest BCUT2D eigenvalue weighted by Gasteiger charge is 2.17. The van der Waals surface area contributed by atoms with Gasteiger partial charge >= 0.3 is 0 Å². The molecule has 0 bridgehead atoms. The lowest BCUT2D eigenvalue weighted by molar-refractivity contribution is -0.384. The molecule has 0 heterocycles. The topological polar surface area (TPSA) is 92.5 Å². The molecule has 0 fully saturated rings. The summed E-state index contributed by atoms with van der Waals surface area (Å²) in [6, 6.07) is 8.71. The van der Waals surface area contributed by atoms with Gasteiger partial charge in [-0.05, 0) is 35.9 Å². The lowest BCUT2D eigenvalue weighted by Gasteiger charge is -2.13. The number of carbonyl (C=O) groups is 1. The molecular weight excluding hydrogens is 334 g/mol. The SMILES string of the molecule is O=C(/C=C/c1ccc([N+](=O)[O-])cc1)NCC(O)c1c(F)cccc1F. The normalized spacial score (nSPS) is 12.1. The van der Waals surface area contributed by atoms with Crippen LogP contribution in [0.2, 0.25) is 0 Å². The second-order valence-electron chi connectivity index (χ2n) is 5.08. The number of non-ortho nitro benzene ring substituents is 1. The average Bonchev–Trinajstić information content (AvgIpc) is 2.58. The molecule has 6 nitrogen and oxygen atoms in total. The third-order valence-electron chi connectivity index (χ3n) is 3.33. The van der Waals surface area contributed by atoms with Crippen molar-refractivity contribution in [2.75, 3.05) is 6.54 Å². The zero-order valence-electron chi connectivity index (χ0n) is 12.9. The highest BCUT2D eigenvalue weighted by molar-refractivity contribution is 5.91. The molecule has 2 aromatic carbocycles. The molecule has 0 aromatic heterocycles. The summed E-state index contributed by atoms with van der Waals surface area (Å²) in [6.45, 7) is -0.374. The Bertz CT molecular complexity index is 787. The van der Waals surface area contributed by atoms with Gasteiger partial charge in [-0.1, -0.05) is 6.07 Å². The number of halogens is 2. The third-order valence-corrected chi connectivity index (χ3v) is 3.33. The molecule has 0 saturated carbocycles. The zero-order chi connectivity index (χ0) is 18.4. The first kappa shape index (κ1) is 18.2. The van der Waals surface area contributed by atoms with E-state index < -0.39 is 34.1 Å². The first-order valence-electron chi connectivity index (χ1n) is 7.21. The summed E-state index contributed by atoms with van der Waals surface area (Å²) in [6.07, 6.45) is 1.03.